The number of ketones is 1. The molecule has 8 nitrogen and oxygen atoms in total. The summed E-state index contributed by atoms with van der Waals surface area (Å²) in [4.78, 5) is 41.1. The number of nitrogens with zero attached hydrogens (tertiary/aromatic N) is 1. The Kier molecular flexibility index (Phi) is 5.71. The summed E-state index contributed by atoms with van der Waals surface area (Å²) in [6.07, 6.45) is 1.81. The molecule has 1 amide bonds. The number of methoxy groups -OCH3 is 2. The first-order chi connectivity index (χ1) is 15.0. The van der Waals surface area contributed by atoms with Gasteiger partial charge in [-0.3, -0.25) is 9.59 Å². The monoisotopic (exact) mass is 426 g/mol. The Morgan fingerprint density at radius 3 is 2.65 bits per heavy atom. The number of carbonyl (C=O) groups is 3. The average Bonchev–Trinajstić information content (AvgIpc) is 2.78. The van der Waals surface area contributed by atoms with Gasteiger partial charge in [0.05, 0.1) is 26.4 Å². The van der Waals surface area contributed by atoms with Crippen molar-refractivity contribution in [1.29, 1.82) is 0 Å². The zero-order valence-electron chi connectivity index (χ0n) is 17.9. The molecule has 4 rings (SSSR count). The zero-order valence-corrected chi connectivity index (χ0v) is 17.9. The lowest BCUT2D eigenvalue weighted by Gasteiger charge is -2.43. The molecule has 1 fully saturated rings. The van der Waals surface area contributed by atoms with Crippen LogP contribution < -0.4 is 14.8 Å². The predicted octanol–water partition coefficient (Wildman–Crippen LogP) is 2.06. The van der Waals surface area contributed by atoms with Gasteiger partial charge in [0, 0.05) is 36.7 Å². The van der Waals surface area contributed by atoms with E-state index in [1.807, 2.05) is 4.90 Å². The second-order valence-corrected chi connectivity index (χ2v) is 7.57. The number of Topliss-reactive ketones (excluding diaryl/α,β-unsaturated/α-hetero) is 1. The molecule has 0 radical (unpaired) electrons. The second kappa shape index (κ2) is 8.45. The molecule has 1 saturated heterocycles. The average molecular weight is 426 g/mol. The highest BCUT2D eigenvalue weighted by atomic mass is 16.5. The summed E-state index contributed by atoms with van der Waals surface area (Å²) in [5.41, 5.74) is 2.54. The number of benzene rings is 1. The lowest BCUT2D eigenvalue weighted by atomic mass is 9.74. The number of hydrogen-bond donors (Lipinski definition) is 1. The second-order valence-electron chi connectivity index (χ2n) is 7.57. The van der Waals surface area contributed by atoms with E-state index >= 15 is 0 Å². The Labute approximate surface area is 180 Å². The van der Waals surface area contributed by atoms with E-state index < -0.39 is 11.9 Å². The van der Waals surface area contributed by atoms with Gasteiger partial charge in [0.2, 0.25) is 0 Å². The molecule has 1 unspecified atom stereocenters. The van der Waals surface area contributed by atoms with Crippen LogP contribution in [0.4, 0.5) is 0 Å². The summed E-state index contributed by atoms with van der Waals surface area (Å²) >= 11 is 0. The highest BCUT2D eigenvalue weighted by Gasteiger charge is 2.46. The SMILES string of the molecule is CCOC(=O)C1=C2C(=O)NCCN2C2=C(C(=O)CCC2)C1c1ccc(OC)c(OC)c1. The van der Waals surface area contributed by atoms with Crippen molar-refractivity contribution in [1.82, 2.24) is 10.2 Å². The Morgan fingerprint density at radius 2 is 1.94 bits per heavy atom. The van der Waals surface area contributed by atoms with E-state index in [1.165, 1.54) is 7.11 Å². The predicted molar refractivity (Wildman–Crippen MR) is 112 cm³/mol. The lowest BCUT2D eigenvalue weighted by Crippen LogP contribution is -2.50. The minimum Gasteiger partial charge on any atom is -0.493 e. The van der Waals surface area contributed by atoms with Gasteiger partial charge in [-0.15, -0.1) is 0 Å². The fourth-order valence-electron chi connectivity index (χ4n) is 4.66. The summed E-state index contributed by atoms with van der Waals surface area (Å²) in [6.45, 7) is 2.83. The van der Waals surface area contributed by atoms with E-state index in [4.69, 9.17) is 14.2 Å². The Morgan fingerprint density at radius 1 is 1.16 bits per heavy atom. The number of ether oxygens (including phenoxy) is 3. The molecule has 8 heteroatoms. The molecule has 1 aromatic carbocycles. The number of nitrogens with one attached hydrogen (secondary N) is 1. The summed E-state index contributed by atoms with van der Waals surface area (Å²) in [5.74, 6) is -0.624. The molecule has 0 aromatic heterocycles. The van der Waals surface area contributed by atoms with Crippen molar-refractivity contribution in [3.8, 4) is 11.5 Å². The maximum Gasteiger partial charge on any atom is 0.337 e. The molecule has 0 spiro atoms. The number of fused-ring (bicyclic) bond motifs is 2. The van der Waals surface area contributed by atoms with Crippen LogP contribution in [-0.4, -0.2) is 56.5 Å². The van der Waals surface area contributed by atoms with Gasteiger partial charge in [0.1, 0.15) is 5.70 Å². The third-order valence-corrected chi connectivity index (χ3v) is 5.93. The van der Waals surface area contributed by atoms with Crippen molar-refractivity contribution < 1.29 is 28.6 Å². The van der Waals surface area contributed by atoms with Gasteiger partial charge in [-0.1, -0.05) is 6.07 Å². The Hall–Kier alpha value is -3.29. The van der Waals surface area contributed by atoms with Crippen LogP contribution in [0.25, 0.3) is 0 Å². The maximum absolute atomic E-state index is 13.2. The Balaban J connectivity index is 1.99. The van der Waals surface area contributed by atoms with E-state index in [-0.39, 0.29) is 29.6 Å². The third kappa shape index (κ3) is 3.45. The summed E-state index contributed by atoms with van der Waals surface area (Å²) in [5, 5.41) is 2.83. The van der Waals surface area contributed by atoms with Crippen molar-refractivity contribution in [2.24, 2.45) is 0 Å². The number of hydrogen-bond acceptors (Lipinski definition) is 7. The van der Waals surface area contributed by atoms with Gasteiger partial charge in [-0.25, -0.2) is 4.79 Å². The molecule has 3 aliphatic rings. The number of esters is 1. The number of carbonyl (C=O) groups excluding carboxylic acids is 3. The van der Waals surface area contributed by atoms with Gasteiger partial charge < -0.3 is 24.4 Å². The van der Waals surface area contributed by atoms with E-state index in [2.05, 4.69) is 5.32 Å². The van der Waals surface area contributed by atoms with Gasteiger partial charge >= 0.3 is 5.97 Å². The van der Waals surface area contributed by atoms with Gasteiger partial charge in [-0.05, 0) is 37.5 Å². The molecule has 1 N–H and O–H groups in total. The van der Waals surface area contributed by atoms with Crippen LogP contribution in [0.1, 0.15) is 37.7 Å². The van der Waals surface area contributed by atoms with Crippen molar-refractivity contribution in [2.75, 3.05) is 33.9 Å². The molecule has 1 aliphatic carbocycles. The first kappa shape index (κ1) is 21.0. The lowest BCUT2D eigenvalue weighted by molar-refractivity contribution is -0.139. The van der Waals surface area contributed by atoms with Gasteiger partial charge in [-0.2, -0.15) is 0 Å². The number of rotatable bonds is 5. The standard InChI is InChI=1S/C23H26N2O6/c1-4-31-23(28)20-18(13-8-9-16(29-2)17(12-13)30-3)19-14(6-5-7-15(19)26)25-11-10-24-22(27)21(20)25/h8-9,12,18H,4-7,10-11H2,1-3H3,(H,24,27). The van der Waals surface area contributed by atoms with Crippen LogP contribution in [0.5, 0.6) is 11.5 Å². The quantitative estimate of drug-likeness (QED) is 0.720. The molecule has 0 saturated carbocycles. The molecule has 2 heterocycles. The highest BCUT2D eigenvalue weighted by Crippen LogP contribution is 2.48. The van der Waals surface area contributed by atoms with Crippen LogP contribution >= 0.6 is 0 Å². The molecular formula is C23H26N2O6. The smallest absolute Gasteiger partial charge is 0.337 e. The summed E-state index contributed by atoms with van der Waals surface area (Å²) < 4.78 is 16.1. The fraction of sp³-hybridized carbons (Fsp3) is 0.435. The van der Waals surface area contributed by atoms with Gasteiger partial charge in [0.25, 0.3) is 5.91 Å². The molecule has 0 bridgehead atoms. The highest BCUT2D eigenvalue weighted by molar-refractivity contribution is 6.09. The van der Waals surface area contributed by atoms with Crippen LogP contribution in [-0.2, 0) is 19.1 Å². The normalized spacial score (nSPS) is 20.7. The largest absolute Gasteiger partial charge is 0.493 e. The minimum absolute atomic E-state index is 0.00661. The first-order valence-electron chi connectivity index (χ1n) is 10.5. The Bertz CT molecular complexity index is 1010. The van der Waals surface area contributed by atoms with Crippen molar-refractivity contribution >= 4 is 17.7 Å². The van der Waals surface area contributed by atoms with E-state index in [9.17, 15) is 14.4 Å². The summed E-state index contributed by atoms with van der Waals surface area (Å²) in [6, 6.07) is 5.29. The van der Waals surface area contributed by atoms with Crippen molar-refractivity contribution in [3.05, 3.63) is 46.3 Å². The molecule has 31 heavy (non-hydrogen) atoms. The van der Waals surface area contributed by atoms with Crippen LogP contribution in [0, 0.1) is 0 Å². The first-order valence-corrected chi connectivity index (χ1v) is 10.5. The molecular weight excluding hydrogens is 400 g/mol. The van der Waals surface area contributed by atoms with E-state index in [1.54, 1.807) is 32.2 Å². The molecule has 2 aliphatic heterocycles. The van der Waals surface area contributed by atoms with Gasteiger partial charge in [0.15, 0.2) is 17.3 Å². The van der Waals surface area contributed by atoms with E-state index in [0.717, 1.165) is 12.1 Å². The summed E-state index contributed by atoms with van der Waals surface area (Å²) in [7, 11) is 3.07. The maximum atomic E-state index is 13.2. The molecule has 1 aromatic rings. The zero-order chi connectivity index (χ0) is 22.1. The minimum atomic E-state index is -0.711. The topological polar surface area (TPSA) is 94.2 Å². The van der Waals surface area contributed by atoms with Crippen LogP contribution in [0.3, 0.4) is 0 Å². The van der Waals surface area contributed by atoms with Crippen LogP contribution in [0.2, 0.25) is 0 Å². The third-order valence-electron chi connectivity index (χ3n) is 5.93. The number of allylic oxidation sites excluding steroid dienone is 2. The van der Waals surface area contributed by atoms with Crippen molar-refractivity contribution in [2.45, 2.75) is 32.1 Å². The fourth-order valence-corrected chi connectivity index (χ4v) is 4.66. The van der Waals surface area contributed by atoms with Crippen LogP contribution in [0.15, 0.2) is 40.7 Å². The number of amides is 1. The number of piperazine rings is 1. The molecule has 164 valence electrons. The van der Waals surface area contributed by atoms with Crippen molar-refractivity contribution in [3.63, 3.8) is 0 Å². The molecule has 1 atom stereocenters. The van der Waals surface area contributed by atoms with E-state index in [0.29, 0.717) is 48.6 Å².